The van der Waals surface area contributed by atoms with Gasteiger partial charge in [0, 0.05) is 12.7 Å². The fourth-order valence-electron chi connectivity index (χ4n) is 2.38. The molecule has 102 valence electrons. The Morgan fingerprint density at radius 2 is 1.84 bits per heavy atom. The summed E-state index contributed by atoms with van der Waals surface area (Å²) in [6, 6.07) is 5.96. The highest BCUT2D eigenvalue weighted by Crippen LogP contribution is 2.47. The van der Waals surface area contributed by atoms with Crippen LogP contribution in [-0.4, -0.2) is 24.0 Å². The third kappa shape index (κ3) is 2.28. The SMILES string of the molecule is Cc1cc(C)cc(N(C)C(=O)C2(/C(N)=N/O)CC2)c1. The quantitative estimate of drug-likeness (QED) is 0.377. The molecule has 0 aliphatic heterocycles. The van der Waals surface area contributed by atoms with Crippen molar-refractivity contribution < 1.29 is 10.0 Å². The van der Waals surface area contributed by atoms with E-state index < -0.39 is 5.41 Å². The molecule has 5 nitrogen and oxygen atoms in total. The number of amides is 1. The van der Waals surface area contributed by atoms with Gasteiger partial charge >= 0.3 is 0 Å². The van der Waals surface area contributed by atoms with Gasteiger partial charge < -0.3 is 15.8 Å². The molecule has 0 bridgehead atoms. The van der Waals surface area contributed by atoms with E-state index in [0.29, 0.717) is 12.8 Å². The summed E-state index contributed by atoms with van der Waals surface area (Å²) in [7, 11) is 1.72. The second kappa shape index (κ2) is 4.57. The first kappa shape index (κ1) is 13.4. The molecule has 1 aliphatic carbocycles. The van der Waals surface area contributed by atoms with Gasteiger partial charge in [-0.25, -0.2) is 0 Å². The molecule has 1 aromatic carbocycles. The van der Waals surface area contributed by atoms with Crippen LogP contribution in [0.25, 0.3) is 0 Å². The third-order valence-corrected chi connectivity index (χ3v) is 3.66. The largest absolute Gasteiger partial charge is 0.409 e. The molecule has 0 spiro atoms. The van der Waals surface area contributed by atoms with Gasteiger partial charge in [-0.2, -0.15) is 0 Å². The number of hydrogen-bond donors (Lipinski definition) is 2. The molecule has 0 radical (unpaired) electrons. The van der Waals surface area contributed by atoms with Crippen molar-refractivity contribution in [3.63, 3.8) is 0 Å². The lowest BCUT2D eigenvalue weighted by atomic mass is 10.0. The maximum atomic E-state index is 12.5. The average Bonchev–Trinajstić information content (AvgIpc) is 3.16. The predicted octanol–water partition coefficient (Wildman–Crippen LogP) is 1.79. The lowest BCUT2D eigenvalue weighted by Gasteiger charge is -2.23. The van der Waals surface area contributed by atoms with E-state index in [0.717, 1.165) is 16.8 Å². The number of carbonyl (C=O) groups excluding carboxylic acids is 1. The number of nitrogens with zero attached hydrogens (tertiary/aromatic N) is 2. The standard InChI is InChI=1S/C14H19N3O2/c1-9-6-10(2)8-11(7-9)17(3)13(18)14(4-5-14)12(15)16-19/h6-8,19H,4-5H2,1-3H3,(H2,15,16). The molecule has 2 rings (SSSR count). The highest BCUT2D eigenvalue weighted by molar-refractivity contribution is 6.15. The molecule has 1 aromatic rings. The van der Waals surface area contributed by atoms with Crippen molar-refractivity contribution in [2.45, 2.75) is 26.7 Å². The van der Waals surface area contributed by atoms with Gasteiger partial charge in [0.2, 0.25) is 5.91 Å². The van der Waals surface area contributed by atoms with Crippen molar-refractivity contribution in [1.29, 1.82) is 0 Å². The summed E-state index contributed by atoms with van der Waals surface area (Å²) < 4.78 is 0. The summed E-state index contributed by atoms with van der Waals surface area (Å²) in [5.74, 6) is -0.110. The van der Waals surface area contributed by atoms with E-state index in [1.807, 2.05) is 26.0 Å². The van der Waals surface area contributed by atoms with E-state index in [1.54, 1.807) is 11.9 Å². The molecule has 1 fully saturated rings. The van der Waals surface area contributed by atoms with E-state index in [1.165, 1.54) is 0 Å². The number of oxime groups is 1. The van der Waals surface area contributed by atoms with E-state index in [-0.39, 0.29) is 11.7 Å². The van der Waals surface area contributed by atoms with E-state index >= 15 is 0 Å². The summed E-state index contributed by atoms with van der Waals surface area (Å²) in [6.07, 6.45) is 1.27. The molecule has 0 unspecified atom stereocenters. The van der Waals surface area contributed by atoms with Crippen LogP contribution in [0, 0.1) is 19.3 Å². The van der Waals surface area contributed by atoms with Crippen LogP contribution in [-0.2, 0) is 4.79 Å². The van der Waals surface area contributed by atoms with Crippen molar-refractivity contribution >= 4 is 17.4 Å². The monoisotopic (exact) mass is 261 g/mol. The third-order valence-electron chi connectivity index (χ3n) is 3.66. The van der Waals surface area contributed by atoms with Crippen molar-refractivity contribution in [3.8, 4) is 0 Å². The summed E-state index contributed by atoms with van der Waals surface area (Å²) in [6.45, 7) is 3.98. The lowest BCUT2D eigenvalue weighted by Crippen LogP contribution is -2.41. The topological polar surface area (TPSA) is 78.9 Å². The van der Waals surface area contributed by atoms with Crippen LogP contribution < -0.4 is 10.6 Å². The molecule has 3 N–H and O–H groups in total. The second-order valence-electron chi connectivity index (χ2n) is 5.28. The fourth-order valence-corrected chi connectivity index (χ4v) is 2.38. The van der Waals surface area contributed by atoms with Gasteiger partial charge in [0.15, 0.2) is 5.84 Å². The molecule has 5 heteroatoms. The molecule has 19 heavy (non-hydrogen) atoms. The highest BCUT2D eigenvalue weighted by Gasteiger charge is 2.55. The Morgan fingerprint density at radius 1 is 1.32 bits per heavy atom. The van der Waals surface area contributed by atoms with Gasteiger partial charge in [-0.15, -0.1) is 0 Å². The molecular weight excluding hydrogens is 242 g/mol. The van der Waals surface area contributed by atoms with Crippen molar-refractivity contribution in [2.24, 2.45) is 16.3 Å². The van der Waals surface area contributed by atoms with E-state index in [4.69, 9.17) is 10.9 Å². The zero-order valence-corrected chi connectivity index (χ0v) is 11.5. The number of nitrogens with two attached hydrogens (primary N) is 1. The van der Waals surface area contributed by atoms with Gasteiger partial charge in [-0.1, -0.05) is 11.2 Å². The number of anilines is 1. The van der Waals surface area contributed by atoms with Gasteiger partial charge in [-0.05, 0) is 49.9 Å². The van der Waals surface area contributed by atoms with Crippen LogP contribution in [0.15, 0.2) is 23.4 Å². The Morgan fingerprint density at radius 3 is 2.26 bits per heavy atom. The number of carbonyl (C=O) groups is 1. The minimum Gasteiger partial charge on any atom is -0.409 e. The molecular formula is C14H19N3O2. The molecule has 0 heterocycles. The highest BCUT2D eigenvalue weighted by atomic mass is 16.4. The van der Waals surface area contributed by atoms with Crippen LogP contribution >= 0.6 is 0 Å². The molecule has 0 atom stereocenters. The Bertz CT molecular complexity index is 527. The van der Waals surface area contributed by atoms with Crippen LogP contribution in [0.5, 0.6) is 0 Å². The lowest BCUT2D eigenvalue weighted by molar-refractivity contribution is -0.121. The van der Waals surface area contributed by atoms with Crippen LogP contribution in [0.2, 0.25) is 0 Å². The Balaban J connectivity index is 2.29. The summed E-state index contributed by atoms with van der Waals surface area (Å²) in [5, 5.41) is 11.8. The molecule has 0 aromatic heterocycles. The first-order chi connectivity index (χ1) is 8.90. The summed E-state index contributed by atoms with van der Waals surface area (Å²) in [4.78, 5) is 14.1. The van der Waals surface area contributed by atoms with Gasteiger partial charge in [0.05, 0.1) is 0 Å². The number of rotatable bonds is 3. The van der Waals surface area contributed by atoms with Crippen molar-refractivity contribution in [3.05, 3.63) is 29.3 Å². The predicted molar refractivity (Wildman–Crippen MR) is 74.4 cm³/mol. The second-order valence-corrected chi connectivity index (χ2v) is 5.28. The van der Waals surface area contributed by atoms with Crippen molar-refractivity contribution in [2.75, 3.05) is 11.9 Å². The number of aryl methyl sites for hydroxylation is 2. The summed E-state index contributed by atoms with van der Waals surface area (Å²) >= 11 is 0. The molecule has 1 saturated carbocycles. The van der Waals surface area contributed by atoms with E-state index in [2.05, 4.69) is 11.2 Å². The maximum absolute atomic E-state index is 12.5. The van der Waals surface area contributed by atoms with Crippen LogP contribution in [0.3, 0.4) is 0 Å². The molecule has 1 amide bonds. The maximum Gasteiger partial charge on any atom is 0.240 e. The van der Waals surface area contributed by atoms with Gasteiger partial charge in [0.25, 0.3) is 0 Å². The minimum absolute atomic E-state index is 0.00808. The van der Waals surface area contributed by atoms with Crippen LogP contribution in [0.1, 0.15) is 24.0 Å². The minimum atomic E-state index is -0.804. The number of hydrogen-bond acceptors (Lipinski definition) is 3. The van der Waals surface area contributed by atoms with E-state index in [9.17, 15) is 4.79 Å². The zero-order chi connectivity index (χ0) is 14.2. The first-order valence-corrected chi connectivity index (χ1v) is 6.25. The number of amidine groups is 1. The Labute approximate surface area is 112 Å². The first-order valence-electron chi connectivity index (χ1n) is 6.25. The van der Waals surface area contributed by atoms with Crippen molar-refractivity contribution in [1.82, 2.24) is 0 Å². The molecule has 1 aliphatic rings. The molecule has 0 saturated heterocycles. The smallest absolute Gasteiger partial charge is 0.240 e. The van der Waals surface area contributed by atoms with Gasteiger partial charge in [0.1, 0.15) is 5.41 Å². The summed E-state index contributed by atoms with van der Waals surface area (Å²) in [5.41, 5.74) is 7.87. The number of benzene rings is 1. The van der Waals surface area contributed by atoms with Gasteiger partial charge in [-0.3, -0.25) is 4.79 Å². The normalized spacial score (nSPS) is 17.1. The zero-order valence-electron chi connectivity index (χ0n) is 11.5. The average molecular weight is 261 g/mol. The Hall–Kier alpha value is -2.04. The Kier molecular flexibility index (Phi) is 3.22. The fraction of sp³-hybridized carbons (Fsp3) is 0.429. The van der Waals surface area contributed by atoms with Crippen LogP contribution in [0.4, 0.5) is 5.69 Å².